The number of hydrogen-bond donors (Lipinski definition) is 4. The Morgan fingerprint density at radius 3 is 2.59 bits per heavy atom. The first kappa shape index (κ1) is 28.6. The maximum atomic E-state index is 13.7. The quantitative estimate of drug-likeness (QED) is 0.238. The number of benzene rings is 1. The summed E-state index contributed by atoms with van der Waals surface area (Å²) in [6.07, 6.45) is 2.32. The lowest BCUT2D eigenvalue weighted by atomic mass is 9.79. The van der Waals surface area contributed by atoms with Gasteiger partial charge in [-0.2, -0.15) is 5.26 Å². The van der Waals surface area contributed by atoms with Crippen LogP contribution in [0.15, 0.2) is 42.0 Å². The van der Waals surface area contributed by atoms with Crippen molar-refractivity contribution in [2.75, 3.05) is 26.2 Å². The van der Waals surface area contributed by atoms with Crippen LogP contribution < -0.4 is 10.6 Å². The minimum absolute atomic E-state index is 0.0955. The van der Waals surface area contributed by atoms with Crippen LogP contribution in [0, 0.1) is 11.3 Å². The van der Waals surface area contributed by atoms with Gasteiger partial charge in [0.2, 0.25) is 0 Å². The van der Waals surface area contributed by atoms with Crippen molar-refractivity contribution in [1.82, 2.24) is 20.4 Å². The maximum Gasteiger partial charge on any atom is 0.453 e. The molecule has 4 N–H and O–H groups in total. The standard InChI is InChI=1S/C25H34BF2N5O4/c1-24(2,33-12-10-25(27,28)17-33)13-19(15-29)22(34)32-11-6-9-20(16-32)30-23(35)31-21(14-26(36)37)18-7-4-3-5-8-18/h3-5,7-8,13,20-21,36-37H,6,9-12,14,16-17H2,1-2H3,(H2,30,31,35)/t20-,21+/m0/s1. The van der Waals surface area contributed by atoms with E-state index in [0.29, 0.717) is 24.9 Å². The van der Waals surface area contributed by atoms with Gasteiger partial charge in [-0.1, -0.05) is 30.3 Å². The number of carbonyl (C=O) groups excluding carboxylic acids is 2. The number of likely N-dealkylation sites (tertiary alicyclic amines) is 2. The Hall–Kier alpha value is -3.01. The summed E-state index contributed by atoms with van der Waals surface area (Å²) in [4.78, 5) is 28.9. The van der Waals surface area contributed by atoms with Gasteiger partial charge in [0.25, 0.3) is 11.8 Å². The molecule has 0 aromatic heterocycles. The number of carbonyl (C=O) groups is 2. The van der Waals surface area contributed by atoms with Gasteiger partial charge < -0.3 is 25.6 Å². The van der Waals surface area contributed by atoms with Gasteiger partial charge in [0, 0.05) is 44.0 Å². The maximum absolute atomic E-state index is 13.7. The third-order valence-electron chi connectivity index (χ3n) is 6.83. The zero-order valence-corrected chi connectivity index (χ0v) is 21.2. The Bertz CT molecular complexity index is 1030. The summed E-state index contributed by atoms with van der Waals surface area (Å²) in [5, 5.41) is 34.1. The van der Waals surface area contributed by atoms with Crippen LogP contribution in [0.1, 0.15) is 44.7 Å². The van der Waals surface area contributed by atoms with Gasteiger partial charge in [-0.15, -0.1) is 0 Å². The van der Waals surface area contributed by atoms with Crippen LogP contribution in [0.2, 0.25) is 6.32 Å². The Labute approximate surface area is 216 Å². The van der Waals surface area contributed by atoms with E-state index in [4.69, 9.17) is 0 Å². The van der Waals surface area contributed by atoms with E-state index in [-0.39, 0.29) is 37.4 Å². The fourth-order valence-corrected chi connectivity index (χ4v) is 4.82. The number of hydrogen-bond acceptors (Lipinski definition) is 6. The molecule has 2 aliphatic heterocycles. The first-order valence-corrected chi connectivity index (χ1v) is 12.4. The minimum atomic E-state index is -2.79. The highest BCUT2D eigenvalue weighted by atomic mass is 19.3. The van der Waals surface area contributed by atoms with Crippen LogP contribution in [-0.4, -0.2) is 82.6 Å². The molecule has 2 fully saturated rings. The summed E-state index contributed by atoms with van der Waals surface area (Å²) in [5.74, 6) is -3.29. The van der Waals surface area contributed by atoms with Crippen molar-refractivity contribution < 1.29 is 28.4 Å². The molecule has 1 aromatic carbocycles. The molecular formula is C25H34BF2N5O4. The highest BCUT2D eigenvalue weighted by Crippen LogP contribution is 2.33. The van der Waals surface area contributed by atoms with E-state index < -0.39 is 43.1 Å². The first-order valence-electron chi connectivity index (χ1n) is 12.4. The topological polar surface area (TPSA) is 129 Å². The zero-order valence-electron chi connectivity index (χ0n) is 21.2. The summed E-state index contributed by atoms with van der Waals surface area (Å²) in [6, 6.07) is 9.34. The highest BCUT2D eigenvalue weighted by molar-refractivity contribution is 6.41. The SMILES string of the molecule is CC(C)(C=C(C#N)C(=O)N1CCC[C@H](NC(=O)N[C@H](CB(O)O)c2ccccc2)C1)N1CCC(F)(F)C1. The molecule has 0 saturated carbocycles. The van der Waals surface area contributed by atoms with Crippen molar-refractivity contribution in [3.8, 4) is 6.07 Å². The van der Waals surface area contributed by atoms with E-state index in [2.05, 4.69) is 10.6 Å². The third-order valence-corrected chi connectivity index (χ3v) is 6.83. The van der Waals surface area contributed by atoms with Crippen molar-refractivity contribution in [1.29, 1.82) is 5.26 Å². The number of amides is 3. The Morgan fingerprint density at radius 1 is 1.30 bits per heavy atom. The van der Waals surface area contributed by atoms with E-state index in [0.717, 1.165) is 0 Å². The molecule has 2 atom stereocenters. The number of rotatable bonds is 8. The molecule has 0 spiro atoms. The second-order valence-corrected chi connectivity index (χ2v) is 10.2. The highest BCUT2D eigenvalue weighted by Gasteiger charge is 2.43. The van der Waals surface area contributed by atoms with E-state index in [9.17, 15) is 33.7 Å². The predicted molar refractivity (Wildman–Crippen MR) is 134 cm³/mol. The molecule has 9 nitrogen and oxygen atoms in total. The summed E-state index contributed by atoms with van der Waals surface area (Å²) in [5.41, 5.74) is -0.308. The van der Waals surface area contributed by atoms with Gasteiger partial charge in [-0.25, -0.2) is 13.6 Å². The lowest BCUT2D eigenvalue weighted by Gasteiger charge is -2.35. The van der Waals surface area contributed by atoms with Gasteiger partial charge in [0.05, 0.1) is 12.6 Å². The van der Waals surface area contributed by atoms with Crippen molar-refractivity contribution in [3.05, 3.63) is 47.5 Å². The lowest BCUT2D eigenvalue weighted by molar-refractivity contribution is -0.128. The van der Waals surface area contributed by atoms with Gasteiger partial charge in [-0.05, 0) is 38.3 Å². The van der Waals surface area contributed by atoms with Crippen molar-refractivity contribution >= 4 is 19.1 Å². The number of halogens is 2. The Morgan fingerprint density at radius 2 is 2.00 bits per heavy atom. The summed E-state index contributed by atoms with van der Waals surface area (Å²) < 4.78 is 27.4. The molecule has 2 aliphatic rings. The normalized spacial score (nSPS) is 21.2. The van der Waals surface area contributed by atoms with Crippen LogP contribution in [-0.2, 0) is 4.79 Å². The minimum Gasteiger partial charge on any atom is -0.427 e. The molecule has 0 aliphatic carbocycles. The average Bonchev–Trinajstić information content (AvgIpc) is 3.22. The van der Waals surface area contributed by atoms with Crippen LogP contribution in [0.25, 0.3) is 0 Å². The molecule has 0 bridgehead atoms. The van der Waals surface area contributed by atoms with Crippen molar-refractivity contribution in [2.45, 2.75) is 63.0 Å². The largest absolute Gasteiger partial charge is 0.453 e. The van der Waals surface area contributed by atoms with Crippen LogP contribution in [0.5, 0.6) is 0 Å². The number of piperidine rings is 1. The molecule has 0 unspecified atom stereocenters. The fourth-order valence-electron chi connectivity index (χ4n) is 4.82. The fraction of sp³-hybridized carbons (Fsp3) is 0.560. The molecule has 0 radical (unpaired) electrons. The zero-order chi connectivity index (χ0) is 27.2. The summed E-state index contributed by atoms with van der Waals surface area (Å²) >= 11 is 0. The summed E-state index contributed by atoms with van der Waals surface area (Å²) in [6.45, 7) is 3.75. The predicted octanol–water partition coefficient (Wildman–Crippen LogP) is 2.06. The molecular weight excluding hydrogens is 483 g/mol. The van der Waals surface area contributed by atoms with Gasteiger partial charge in [0.1, 0.15) is 11.6 Å². The van der Waals surface area contributed by atoms with Crippen LogP contribution in [0.3, 0.4) is 0 Å². The Kier molecular flexibility index (Phi) is 9.28. The number of alkyl halides is 2. The van der Waals surface area contributed by atoms with E-state index in [1.807, 2.05) is 12.1 Å². The van der Waals surface area contributed by atoms with Gasteiger partial charge >= 0.3 is 13.1 Å². The molecule has 1 aromatic rings. The monoisotopic (exact) mass is 517 g/mol. The second-order valence-electron chi connectivity index (χ2n) is 10.2. The van der Waals surface area contributed by atoms with Crippen LogP contribution in [0.4, 0.5) is 13.6 Å². The lowest BCUT2D eigenvalue weighted by Crippen LogP contribution is -2.52. The number of nitrogens with one attached hydrogen (secondary N) is 2. The van der Waals surface area contributed by atoms with Crippen LogP contribution >= 0.6 is 0 Å². The smallest absolute Gasteiger partial charge is 0.427 e. The Balaban J connectivity index is 1.62. The number of nitriles is 1. The average molecular weight is 517 g/mol. The van der Waals surface area contributed by atoms with Crippen molar-refractivity contribution in [3.63, 3.8) is 0 Å². The van der Waals surface area contributed by atoms with E-state index in [1.54, 1.807) is 43.0 Å². The molecule has 12 heteroatoms. The second kappa shape index (κ2) is 12.0. The third kappa shape index (κ3) is 7.99. The van der Waals surface area contributed by atoms with Gasteiger partial charge in [0.15, 0.2) is 0 Å². The molecule has 37 heavy (non-hydrogen) atoms. The molecule has 3 rings (SSSR count). The van der Waals surface area contributed by atoms with E-state index in [1.165, 1.54) is 11.0 Å². The summed E-state index contributed by atoms with van der Waals surface area (Å²) in [7, 11) is -1.61. The first-order chi connectivity index (χ1) is 17.4. The molecule has 2 heterocycles. The molecule has 3 amide bonds. The van der Waals surface area contributed by atoms with Gasteiger partial charge in [-0.3, -0.25) is 9.69 Å². The molecule has 200 valence electrons. The number of nitrogens with zero attached hydrogens (tertiary/aromatic N) is 3. The molecule has 2 saturated heterocycles. The van der Waals surface area contributed by atoms with Crippen molar-refractivity contribution in [2.24, 2.45) is 0 Å². The number of urea groups is 1. The van der Waals surface area contributed by atoms with E-state index >= 15 is 0 Å².